The fourth-order valence-electron chi connectivity index (χ4n) is 4.91. The van der Waals surface area contributed by atoms with E-state index in [1.165, 1.54) is 77.0 Å². The highest BCUT2D eigenvalue weighted by molar-refractivity contribution is 5.03. The number of unbranched alkanes of at least 4 members (excludes halogenated alkanes) is 4. The van der Waals surface area contributed by atoms with Gasteiger partial charge in [0.05, 0.1) is 11.5 Å². The highest BCUT2D eigenvalue weighted by Crippen LogP contribution is 2.51. The summed E-state index contributed by atoms with van der Waals surface area (Å²) < 4.78 is 0. The zero-order valence-corrected chi connectivity index (χ0v) is 14.4. The van der Waals surface area contributed by atoms with Gasteiger partial charge < -0.3 is 0 Å². The molecular formula is C20H35N. The lowest BCUT2D eigenvalue weighted by Crippen LogP contribution is -2.36. The predicted molar refractivity (Wildman–Crippen MR) is 89.9 cm³/mol. The maximum atomic E-state index is 9.52. The molecule has 21 heavy (non-hydrogen) atoms. The monoisotopic (exact) mass is 289 g/mol. The molecule has 1 heteroatoms. The summed E-state index contributed by atoms with van der Waals surface area (Å²) in [5.74, 6) is 2.83. The van der Waals surface area contributed by atoms with Gasteiger partial charge in [0.2, 0.25) is 0 Å². The normalized spacial score (nSPS) is 36.0. The van der Waals surface area contributed by atoms with Gasteiger partial charge in [-0.05, 0) is 56.3 Å². The van der Waals surface area contributed by atoms with Crippen LogP contribution in [0.4, 0.5) is 0 Å². The minimum atomic E-state index is 0.0359. The molecule has 0 aromatic heterocycles. The molecule has 0 radical (unpaired) electrons. The Kier molecular flexibility index (Phi) is 6.59. The molecule has 2 fully saturated rings. The van der Waals surface area contributed by atoms with Crippen molar-refractivity contribution in [3.63, 3.8) is 0 Å². The fourth-order valence-corrected chi connectivity index (χ4v) is 4.91. The third-order valence-electron chi connectivity index (χ3n) is 6.52. The van der Waals surface area contributed by atoms with Crippen LogP contribution in [-0.2, 0) is 0 Å². The van der Waals surface area contributed by atoms with Gasteiger partial charge in [-0.2, -0.15) is 5.26 Å². The topological polar surface area (TPSA) is 23.8 Å². The number of rotatable bonds is 7. The SMILES string of the molecule is CCCCCCCC1CCC2CC(C#N)(CC)CCC2C1. The number of hydrogen-bond acceptors (Lipinski definition) is 1. The minimum absolute atomic E-state index is 0.0359. The fraction of sp³-hybridized carbons (Fsp3) is 0.950. The molecule has 0 N–H and O–H groups in total. The molecule has 1 nitrogen and oxygen atoms in total. The molecule has 0 aliphatic heterocycles. The summed E-state index contributed by atoms with van der Waals surface area (Å²) >= 11 is 0. The summed E-state index contributed by atoms with van der Waals surface area (Å²) in [5, 5.41) is 9.52. The quantitative estimate of drug-likeness (QED) is 0.492. The molecule has 0 aromatic carbocycles. The average Bonchev–Trinajstić information content (AvgIpc) is 2.54. The second kappa shape index (κ2) is 8.21. The van der Waals surface area contributed by atoms with Crippen molar-refractivity contribution in [2.75, 3.05) is 0 Å². The standard InChI is InChI=1S/C20H35N/c1-3-5-6-7-8-9-17-10-11-19-15-20(4-2,16-21)13-12-18(19)14-17/h17-19H,3-15H2,1-2H3. The van der Waals surface area contributed by atoms with Crippen LogP contribution in [0, 0.1) is 34.5 Å². The van der Waals surface area contributed by atoms with Crippen LogP contribution in [0.2, 0.25) is 0 Å². The Morgan fingerprint density at radius 3 is 2.52 bits per heavy atom. The van der Waals surface area contributed by atoms with E-state index >= 15 is 0 Å². The summed E-state index contributed by atoms with van der Waals surface area (Å²) in [5.41, 5.74) is 0.0359. The van der Waals surface area contributed by atoms with Gasteiger partial charge in [0.25, 0.3) is 0 Å². The van der Waals surface area contributed by atoms with Crippen molar-refractivity contribution in [3.8, 4) is 6.07 Å². The highest BCUT2D eigenvalue weighted by atomic mass is 14.5. The second-order valence-electron chi connectivity index (χ2n) is 7.89. The van der Waals surface area contributed by atoms with Crippen LogP contribution in [0.5, 0.6) is 0 Å². The molecule has 0 bridgehead atoms. The Labute approximate surface area is 132 Å². The average molecular weight is 290 g/mol. The van der Waals surface area contributed by atoms with Crippen LogP contribution in [0.15, 0.2) is 0 Å². The lowest BCUT2D eigenvalue weighted by molar-refractivity contribution is 0.0651. The molecule has 2 rings (SSSR count). The van der Waals surface area contributed by atoms with Crippen molar-refractivity contribution in [1.82, 2.24) is 0 Å². The van der Waals surface area contributed by atoms with E-state index < -0.39 is 0 Å². The Balaban J connectivity index is 1.72. The Bertz CT molecular complexity index is 342. The molecule has 120 valence electrons. The minimum Gasteiger partial charge on any atom is -0.198 e. The van der Waals surface area contributed by atoms with E-state index in [1.54, 1.807) is 0 Å². The largest absolute Gasteiger partial charge is 0.198 e. The summed E-state index contributed by atoms with van der Waals surface area (Å²) in [6.07, 6.45) is 17.7. The van der Waals surface area contributed by atoms with Gasteiger partial charge in [-0.1, -0.05) is 58.8 Å². The van der Waals surface area contributed by atoms with E-state index in [9.17, 15) is 5.26 Å². The van der Waals surface area contributed by atoms with Gasteiger partial charge in [-0.3, -0.25) is 0 Å². The zero-order chi connectivity index (χ0) is 15.1. The summed E-state index contributed by atoms with van der Waals surface area (Å²) in [4.78, 5) is 0. The zero-order valence-electron chi connectivity index (χ0n) is 14.4. The second-order valence-corrected chi connectivity index (χ2v) is 7.89. The number of hydrogen-bond donors (Lipinski definition) is 0. The van der Waals surface area contributed by atoms with Crippen molar-refractivity contribution in [1.29, 1.82) is 5.26 Å². The molecule has 4 unspecified atom stereocenters. The first-order chi connectivity index (χ1) is 10.2. The molecule has 0 amide bonds. The first kappa shape index (κ1) is 16.9. The number of nitrogens with zero attached hydrogens (tertiary/aromatic N) is 1. The van der Waals surface area contributed by atoms with Crippen molar-refractivity contribution in [2.45, 2.75) is 97.3 Å². The molecular weight excluding hydrogens is 254 g/mol. The third kappa shape index (κ3) is 4.48. The van der Waals surface area contributed by atoms with Crippen LogP contribution < -0.4 is 0 Å². The van der Waals surface area contributed by atoms with Crippen molar-refractivity contribution >= 4 is 0 Å². The van der Waals surface area contributed by atoms with Crippen LogP contribution in [0.25, 0.3) is 0 Å². The van der Waals surface area contributed by atoms with Crippen LogP contribution >= 0.6 is 0 Å². The smallest absolute Gasteiger partial charge is 0.0689 e. The van der Waals surface area contributed by atoms with Crippen molar-refractivity contribution < 1.29 is 0 Å². The summed E-state index contributed by atoms with van der Waals surface area (Å²) in [6, 6.07) is 2.67. The molecule has 0 heterocycles. The summed E-state index contributed by atoms with van der Waals surface area (Å²) in [6.45, 7) is 4.51. The number of nitriles is 1. The highest BCUT2D eigenvalue weighted by Gasteiger charge is 2.42. The lowest BCUT2D eigenvalue weighted by atomic mass is 9.59. The Hall–Kier alpha value is -0.510. The van der Waals surface area contributed by atoms with Gasteiger partial charge in [-0.25, -0.2) is 0 Å². The van der Waals surface area contributed by atoms with E-state index in [4.69, 9.17) is 0 Å². The molecule has 2 aliphatic rings. The van der Waals surface area contributed by atoms with E-state index in [0.29, 0.717) is 0 Å². The van der Waals surface area contributed by atoms with Gasteiger partial charge in [0.15, 0.2) is 0 Å². The van der Waals surface area contributed by atoms with Crippen molar-refractivity contribution in [2.24, 2.45) is 23.2 Å². The maximum absolute atomic E-state index is 9.52. The summed E-state index contributed by atoms with van der Waals surface area (Å²) in [7, 11) is 0. The van der Waals surface area contributed by atoms with E-state index in [0.717, 1.165) is 24.2 Å². The van der Waals surface area contributed by atoms with Gasteiger partial charge in [-0.15, -0.1) is 0 Å². The molecule has 0 spiro atoms. The Morgan fingerprint density at radius 2 is 1.81 bits per heavy atom. The van der Waals surface area contributed by atoms with Crippen molar-refractivity contribution in [3.05, 3.63) is 0 Å². The molecule has 2 aliphatic carbocycles. The first-order valence-electron chi connectivity index (χ1n) is 9.64. The van der Waals surface area contributed by atoms with Crippen LogP contribution in [0.3, 0.4) is 0 Å². The van der Waals surface area contributed by atoms with E-state index in [1.807, 2.05) is 0 Å². The Morgan fingerprint density at radius 1 is 1.00 bits per heavy atom. The predicted octanol–water partition coefficient (Wildman–Crippen LogP) is 6.48. The first-order valence-corrected chi connectivity index (χ1v) is 9.64. The molecule has 0 aromatic rings. The van der Waals surface area contributed by atoms with E-state index in [-0.39, 0.29) is 5.41 Å². The van der Waals surface area contributed by atoms with Crippen LogP contribution in [-0.4, -0.2) is 0 Å². The third-order valence-corrected chi connectivity index (χ3v) is 6.52. The van der Waals surface area contributed by atoms with E-state index in [2.05, 4.69) is 19.9 Å². The number of fused-ring (bicyclic) bond motifs is 1. The maximum Gasteiger partial charge on any atom is 0.0689 e. The molecule has 2 saturated carbocycles. The van der Waals surface area contributed by atoms with Gasteiger partial charge in [0.1, 0.15) is 0 Å². The molecule has 4 atom stereocenters. The van der Waals surface area contributed by atoms with Gasteiger partial charge in [0, 0.05) is 0 Å². The van der Waals surface area contributed by atoms with Gasteiger partial charge >= 0.3 is 0 Å². The lowest BCUT2D eigenvalue weighted by Gasteiger charge is -2.45. The van der Waals surface area contributed by atoms with Crippen LogP contribution in [0.1, 0.15) is 97.3 Å². The molecule has 0 saturated heterocycles.